The van der Waals surface area contributed by atoms with Gasteiger partial charge in [-0.15, -0.1) is 0 Å². The van der Waals surface area contributed by atoms with Crippen molar-refractivity contribution in [1.29, 1.82) is 0 Å². The lowest BCUT2D eigenvalue weighted by molar-refractivity contribution is -0.986. The first-order valence-electron chi connectivity index (χ1n) is 8.78. The van der Waals surface area contributed by atoms with Gasteiger partial charge in [0, 0.05) is 11.4 Å². The third-order valence-electron chi connectivity index (χ3n) is 4.74. The lowest BCUT2D eigenvalue weighted by Gasteiger charge is -2.13. The molecule has 0 aliphatic rings. The minimum absolute atomic E-state index is 0.152. The molecule has 0 radical (unpaired) electrons. The minimum Gasteiger partial charge on any atom is -0.399 e. The van der Waals surface area contributed by atoms with Crippen LogP contribution >= 0.6 is 0 Å². The van der Waals surface area contributed by atoms with Gasteiger partial charge in [-0.25, -0.2) is 0 Å². The Morgan fingerprint density at radius 2 is 0.771 bits per heavy atom. The topological polar surface area (TPSA) is 311 Å². The van der Waals surface area contributed by atoms with Gasteiger partial charge < -0.3 is 11.5 Å². The van der Waals surface area contributed by atoms with E-state index in [9.17, 15) is 60.7 Å². The Morgan fingerprint density at radius 1 is 0.514 bits per heavy atom. The number of hydrogen-bond donors (Lipinski definition) is 2. The number of rotatable bonds is 10. The van der Waals surface area contributed by atoms with E-state index in [2.05, 4.69) is 0 Å². The van der Waals surface area contributed by atoms with Crippen LogP contribution in [0.4, 0.5) is 11.4 Å². The first-order valence-corrected chi connectivity index (χ1v) is 8.78. The average Bonchev–Trinajstić information content (AvgIpc) is 2.66. The van der Waals surface area contributed by atoms with Gasteiger partial charge in [-0.3, -0.25) is 60.7 Å². The van der Waals surface area contributed by atoms with Gasteiger partial charge in [-0.05, 0) is 53.9 Å². The molecule has 0 spiro atoms. The Labute approximate surface area is 190 Å². The van der Waals surface area contributed by atoms with Crippen molar-refractivity contribution in [3.8, 4) is 0 Å². The van der Waals surface area contributed by atoms with Crippen LogP contribution in [0.5, 0.6) is 0 Å². The second-order valence-electron chi connectivity index (χ2n) is 6.92. The number of anilines is 2. The van der Waals surface area contributed by atoms with Crippen LogP contribution < -0.4 is 11.5 Å². The van der Waals surface area contributed by atoms with Crippen LogP contribution in [-0.4, -0.2) is 29.5 Å². The van der Waals surface area contributed by atoms with E-state index in [0.29, 0.717) is 24.3 Å². The van der Waals surface area contributed by atoms with Gasteiger partial charge in [0.25, 0.3) is 0 Å². The lowest BCUT2D eigenvalue weighted by atomic mass is 9.96. The van der Waals surface area contributed by atoms with Crippen LogP contribution in [-0.2, 0) is 18.0 Å². The van der Waals surface area contributed by atoms with Crippen molar-refractivity contribution in [3.63, 3.8) is 0 Å². The van der Waals surface area contributed by atoms with E-state index in [4.69, 9.17) is 11.5 Å². The van der Waals surface area contributed by atoms with Crippen molar-refractivity contribution in [2.45, 2.75) is 18.0 Å². The molecule has 0 saturated heterocycles. The maximum atomic E-state index is 11.4. The first kappa shape index (κ1) is 25.7. The molecule has 2 aromatic rings. The highest BCUT2D eigenvalue weighted by Gasteiger charge is 2.73. The second-order valence-corrected chi connectivity index (χ2v) is 6.92. The summed E-state index contributed by atoms with van der Waals surface area (Å²) in [4.78, 5) is 57.6. The largest absolute Gasteiger partial charge is 0.728 e. The van der Waals surface area contributed by atoms with E-state index in [-0.39, 0.29) is 22.5 Å². The highest BCUT2D eigenvalue weighted by Crippen LogP contribution is 2.32. The Balaban J connectivity index is 2.73. The Bertz CT molecular complexity index is 1130. The Hall–Kier alpha value is -5.56. The van der Waals surface area contributed by atoms with Crippen LogP contribution in [0.25, 0.3) is 0 Å². The van der Waals surface area contributed by atoms with Crippen LogP contribution in [0.15, 0.2) is 36.4 Å². The van der Waals surface area contributed by atoms with Crippen molar-refractivity contribution in [1.82, 2.24) is 0 Å². The molecule has 0 bridgehead atoms. The van der Waals surface area contributed by atoms with E-state index in [1.165, 1.54) is 0 Å². The maximum Gasteiger partial charge on any atom is 0.728 e. The van der Waals surface area contributed by atoms with Crippen LogP contribution in [0.1, 0.15) is 22.3 Å². The molecule has 20 nitrogen and oxygen atoms in total. The number of nitrogens with zero attached hydrogens (tertiary/aromatic N) is 6. The molecule has 0 aliphatic heterocycles. The molecule has 2 aromatic carbocycles. The molecule has 20 heteroatoms. The summed E-state index contributed by atoms with van der Waals surface area (Å²) in [6.07, 6.45) is -0.497. The monoisotopic (exact) mass is 496 g/mol. The fourth-order valence-corrected chi connectivity index (χ4v) is 3.30. The second kappa shape index (κ2) is 8.76. The third kappa shape index (κ3) is 4.01. The maximum absolute atomic E-state index is 11.4. The van der Waals surface area contributed by atoms with E-state index in [0.717, 1.165) is 12.1 Å². The smallest absolute Gasteiger partial charge is 0.399 e. The van der Waals surface area contributed by atoms with E-state index in [1.807, 2.05) is 0 Å². The van der Waals surface area contributed by atoms with Gasteiger partial charge in [-0.2, -0.15) is 0 Å². The van der Waals surface area contributed by atoms with Crippen molar-refractivity contribution in [2.24, 2.45) is 0 Å². The number of nitro groups is 6. The number of hydrogen-bond acceptors (Lipinski definition) is 14. The van der Waals surface area contributed by atoms with Crippen molar-refractivity contribution in [2.75, 3.05) is 11.5 Å². The van der Waals surface area contributed by atoms with Crippen molar-refractivity contribution < 1.29 is 29.5 Å². The molecular weight excluding hydrogens is 484 g/mol. The molecule has 0 aromatic heterocycles. The molecule has 0 amide bonds. The molecule has 184 valence electrons. The van der Waals surface area contributed by atoms with Crippen LogP contribution in [0.2, 0.25) is 0 Å². The molecule has 0 fully saturated rings. The molecule has 0 atom stereocenters. The van der Waals surface area contributed by atoms with E-state index < -0.39 is 58.7 Å². The minimum atomic E-state index is -4.02. The first-order chi connectivity index (χ1) is 16.1. The fourth-order valence-electron chi connectivity index (χ4n) is 3.30. The zero-order chi connectivity index (χ0) is 26.9. The summed E-state index contributed by atoms with van der Waals surface area (Å²) in [6, 6.07) is 4.79. The average molecular weight is 496 g/mol. The summed E-state index contributed by atoms with van der Waals surface area (Å²) >= 11 is 0. The standard InChI is InChI=1S/C15H12N8O12/c16-12-4-8(2-10(6-12)14(18(24)25,19(26)27)20(28)29)1-9-3-11(7-13(17)5-9)15(21(30)31,22(32)33)23(34)35/h2-7H,1,16-17H2. The predicted molar refractivity (Wildman–Crippen MR) is 110 cm³/mol. The fraction of sp³-hybridized carbons (Fsp3) is 0.200. The summed E-state index contributed by atoms with van der Waals surface area (Å²) in [5.41, 5.74) is 8.03. The van der Waals surface area contributed by atoms with Crippen LogP contribution in [0, 0.1) is 60.7 Å². The number of benzene rings is 2. The van der Waals surface area contributed by atoms with Gasteiger partial charge in [0.05, 0.1) is 0 Å². The van der Waals surface area contributed by atoms with Gasteiger partial charge in [0.15, 0.2) is 40.7 Å². The Morgan fingerprint density at radius 3 is 1.00 bits per heavy atom. The Kier molecular flexibility index (Phi) is 6.43. The molecule has 4 N–H and O–H groups in total. The van der Waals surface area contributed by atoms with Gasteiger partial charge >= 0.3 is 11.6 Å². The molecule has 0 heterocycles. The highest BCUT2D eigenvalue weighted by molar-refractivity contribution is 5.50. The van der Waals surface area contributed by atoms with Gasteiger partial charge in [0.1, 0.15) is 0 Å². The number of nitrogen functional groups attached to an aromatic ring is 2. The van der Waals surface area contributed by atoms with Crippen molar-refractivity contribution >= 4 is 11.4 Å². The van der Waals surface area contributed by atoms with Crippen LogP contribution in [0.3, 0.4) is 0 Å². The van der Waals surface area contributed by atoms with Crippen molar-refractivity contribution in [3.05, 3.63) is 119 Å². The summed E-state index contributed by atoms with van der Waals surface area (Å²) in [6.45, 7) is 0. The molecular formula is C15H12N8O12. The zero-order valence-electron chi connectivity index (χ0n) is 16.9. The molecule has 35 heavy (non-hydrogen) atoms. The zero-order valence-corrected chi connectivity index (χ0v) is 16.9. The summed E-state index contributed by atoms with van der Waals surface area (Å²) < 4.78 is 0. The SMILES string of the molecule is Nc1cc(Cc2cc(N)cc(C([N+](=O)[O-])([N+](=O)[O-])[N+](=O)[O-])c2)cc(C([N+](=O)[O-])([N+](=O)[O-])[N+](=O)[O-])c1. The number of nitrogens with two attached hydrogens (primary N) is 2. The predicted octanol–water partition coefficient (Wildman–Crippen LogP) is 0.323. The summed E-state index contributed by atoms with van der Waals surface area (Å²) in [7, 11) is 0. The summed E-state index contributed by atoms with van der Waals surface area (Å²) in [5, 5.41) is 68.1. The third-order valence-corrected chi connectivity index (χ3v) is 4.74. The van der Waals surface area contributed by atoms with E-state index >= 15 is 0 Å². The normalized spacial score (nSPS) is 11.4. The lowest BCUT2D eigenvalue weighted by Crippen LogP contribution is -2.50. The highest BCUT2D eigenvalue weighted by atomic mass is 16.7. The van der Waals surface area contributed by atoms with Gasteiger partial charge in [-0.1, -0.05) is 0 Å². The quantitative estimate of drug-likeness (QED) is 0.194. The van der Waals surface area contributed by atoms with E-state index in [1.54, 1.807) is 0 Å². The molecule has 0 saturated carbocycles. The summed E-state index contributed by atoms with van der Waals surface area (Å²) in [5.74, 6) is -8.05. The molecule has 2 rings (SSSR count). The molecule has 0 unspecified atom stereocenters. The van der Waals surface area contributed by atoms with Gasteiger partial charge in [0.2, 0.25) is 0 Å². The molecule has 0 aliphatic carbocycles.